The molecule has 7 nitrogen and oxygen atoms in total. The summed E-state index contributed by atoms with van der Waals surface area (Å²) in [5.41, 5.74) is 1.38. The molecule has 126 valence electrons. The molecule has 0 saturated carbocycles. The average molecular weight is 367 g/mol. The molecular formula is C15H15ClN4O3S. The first-order valence-corrected chi connectivity index (χ1v) is 9.50. The number of H-pyrrole nitrogens is 1. The molecule has 2 aromatic rings. The molecule has 3 heterocycles. The quantitative estimate of drug-likeness (QED) is 0.844. The Morgan fingerprint density at radius 1 is 1.25 bits per heavy atom. The van der Waals surface area contributed by atoms with Crippen LogP contribution in [0.2, 0.25) is 5.02 Å². The molecule has 1 aromatic carbocycles. The van der Waals surface area contributed by atoms with Crippen LogP contribution in [0.5, 0.6) is 0 Å². The molecule has 4 rings (SSSR count). The van der Waals surface area contributed by atoms with E-state index in [-0.39, 0.29) is 10.9 Å². The molecule has 2 aliphatic heterocycles. The van der Waals surface area contributed by atoms with Crippen LogP contribution in [0.4, 0.5) is 0 Å². The molecule has 1 saturated heterocycles. The maximum absolute atomic E-state index is 13.2. The summed E-state index contributed by atoms with van der Waals surface area (Å²) in [4.78, 5) is 11.6. The predicted molar refractivity (Wildman–Crippen MR) is 88.0 cm³/mol. The van der Waals surface area contributed by atoms with E-state index in [4.69, 9.17) is 11.6 Å². The molecule has 0 aliphatic carbocycles. The second-order valence-corrected chi connectivity index (χ2v) is 8.37. The maximum Gasteiger partial charge on any atom is 0.243 e. The second kappa shape index (κ2) is 5.65. The first kappa shape index (κ1) is 15.7. The summed E-state index contributed by atoms with van der Waals surface area (Å²) in [6.45, 7) is 0. The number of fused-ring (bicyclic) bond motifs is 4. The van der Waals surface area contributed by atoms with Gasteiger partial charge in [-0.1, -0.05) is 16.8 Å². The van der Waals surface area contributed by atoms with Crippen LogP contribution in [0.1, 0.15) is 42.6 Å². The highest BCUT2D eigenvalue weighted by atomic mass is 35.5. The molecule has 0 amide bonds. The van der Waals surface area contributed by atoms with Gasteiger partial charge < -0.3 is 0 Å². The van der Waals surface area contributed by atoms with E-state index in [1.807, 2.05) is 0 Å². The Morgan fingerprint density at radius 3 is 2.71 bits per heavy atom. The standard InChI is InChI=1S/C15H15ClN4O3S/c16-9-4-6-10(7-5-9)24(22,23)20-12-2-1-3-13(20)15(19-21)14-11(12)8-17-18-14/h4-8,12-13,15H,1-3H2,(H,17,18). The molecule has 24 heavy (non-hydrogen) atoms. The monoisotopic (exact) mass is 366 g/mol. The van der Waals surface area contributed by atoms with Gasteiger partial charge in [-0.15, -0.1) is 0 Å². The van der Waals surface area contributed by atoms with Crippen molar-refractivity contribution in [1.82, 2.24) is 14.5 Å². The van der Waals surface area contributed by atoms with Gasteiger partial charge in [0, 0.05) is 10.6 Å². The van der Waals surface area contributed by atoms with E-state index in [2.05, 4.69) is 15.4 Å². The fourth-order valence-corrected chi connectivity index (χ4v) is 5.77. The van der Waals surface area contributed by atoms with Crippen LogP contribution in [-0.4, -0.2) is 29.0 Å². The molecule has 3 atom stereocenters. The molecule has 1 aromatic heterocycles. The van der Waals surface area contributed by atoms with Crippen LogP contribution in [-0.2, 0) is 10.0 Å². The van der Waals surface area contributed by atoms with Gasteiger partial charge in [0.15, 0.2) is 6.04 Å². The van der Waals surface area contributed by atoms with Crippen molar-refractivity contribution in [2.24, 2.45) is 5.18 Å². The molecular weight excluding hydrogens is 352 g/mol. The number of hydrogen-bond donors (Lipinski definition) is 1. The van der Waals surface area contributed by atoms with E-state index < -0.39 is 22.1 Å². The van der Waals surface area contributed by atoms with E-state index in [1.54, 1.807) is 18.3 Å². The van der Waals surface area contributed by atoms with E-state index in [9.17, 15) is 13.3 Å². The Kier molecular flexibility index (Phi) is 3.70. The van der Waals surface area contributed by atoms with Gasteiger partial charge in [0.1, 0.15) is 0 Å². The fraction of sp³-hybridized carbons (Fsp3) is 0.400. The smallest absolute Gasteiger partial charge is 0.243 e. The number of benzene rings is 1. The largest absolute Gasteiger partial charge is 0.280 e. The minimum atomic E-state index is -3.77. The van der Waals surface area contributed by atoms with Crippen LogP contribution in [0.3, 0.4) is 0 Å². The van der Waals surface area contributed by atoms with Gasteiger partial charge in [-0.25, -0.2) is 8.42 Å². The molecule has 1 fully saturated rings. The first-order valence-electron chi connectivity index (χ1n) is 7.69. The summed E-state index contributed by atoms with van der Waals surface area (Å²) in [6.07, 6.45) is 3.74. The van der Waals surface area contributed by atoms with Crippen molar-refractivity contribution in [1.29, 1.82) is 0 Å². The molecule has 0 spiro atoms. The van der Waals surface area contributed by atoms with Crippen LogP contribution >= 0.6 is 11.6 Å². The summed E-state index contributed by atoms with van der Waals surface area (Å²) in [6, 6.07) is 4.50. The lowest BCUT2D eigenvalue weighted by Crippen LogP contribution is -2.51. The van der Waals surface area contributed by atoms with Crippen molar-refractivity contribution >= 4 is 21.6 Å². The topological polar surface area (TPSA) is 95.5 Å². The maximum atomic E-state index is 13.2. The highest BCUT2D eigenvalue weighted by Crippen LogP contribution is 2.49. The third-order valence-electron chi connectivity index (χ3n) is 4.83. The molecule has 2 bridgehead atoms. The van der Waals surface area contributed by atoms with Crippen LogP contribution in [0.15, 0.2) is 40.5 Å². The third kappa shape index (κ3) is 2.21. The second-order valence-electron chi connectivity index (χ2n) is 6.09. The number of nitrogens with one attached hydrogen (secondary N) is 1. The Morgan fingerprint density at radius 2 is 2.00 bits per heavy atom. The number of hydrogen-bond acceptors (Lipinski definition) is 5. The lowest BCUT2D eigenvalue weighted by molar-refractivity contribution is 0.138. The normalized spacial score (nSPS) is 26.8. The van der Waals surface area contributed by atoms with E-state index >= 15 is 0 Å². The Bertz CT molecular complexity index is 880. The minimum Gasteiger partial charge on any atom is -0.280 e. The number of nitroso groups, excluding NO2 is 1. The highest BCUT2D eigenvalue weighted by Gasteiger charge is 2.50. The number of aromatic nitrogens is 2. The van der Waals surface area contributed by atoms with Gasteiger partial charge in [0.25, 0.3) is 0 Å². The van der Waals surface area contributed by atoms with Crippen molar-refractivity contribution in [2.75, 3.05) is 0 Å². The van der Waals surface area contributed by atoms with Gasteiger partial charge in [-0.3, -0.25) is 5.10 Å². The van der Waals surface area contributed by atoms with E-state index in [1.165, 1.54) is 16.4 Å². The lowest BCUT2D eigenvalue weighted by atomic mass is 9.83. The molecule has 9 heteroatoms. The Labute approximate surface area is 144 Å². The number of aromatic amines is 1. The summed E-state index contributed by atoms with van der Waals surface area (Å²) < 4.78 is 27.9. The number of piperidine rings is 1. The van der Waals surface area contributed by atoms with Gasteiger partial charge >= 0.3 is 0 Å². The lowest BCUT2D eigenvalue weighted by Gasteiger charge is -2.45. The van der Waals surface area contributed by atoms with Gasteiger partial charge in [0.2, 0.25) is 10.0 Å². The number of rotatable bonds is 3. The SMILES string of the molecule is O=NC1c2[nH]ncc2C2CCCC1N2S(=O)(=O)c1ccc(Cl)cc1. The first-order chi connectivity index (χ1) is 11.5. The average Bonchev–Trinajstić information content (AvgIpc) is 3.05. The fourth-order valence-electron chi connectivity index (χ4n) is 3.79. The Hall–Kier alpha value is -1.77. The number of nitrogens with zero attached hydrogens (tertiary/aromatic N) is 3. The zero-order chi connectivity index (χ0) is 16.9. The van der Waals surface area contributed by atoms with Crippen LogP contribution in [0, 0.1) is 4.91 Å². The summed E-state index contributed by atoms with van der Waals surface area (Å²) in [7, 11) is -3.77. The Balaban J connectivity index is 1.86. The van der Waals surface area contributed by atoms with Gasteiger partial charge in [-0.05, 0) is 43.5 Å². The number of sulfonamides is 1. The van der Waals surface area contributed by atoms with Crippen LogP contribution in [0.25, 0.3) is 0 Å². The number of halogens is 1. The van der Waals surface area contributed by atoms with Crippen molar-refractivity contribution < 1.29 is 8.42 Å². The molecule has 1 N–H and O–H groups in total. The molecule has 3 unspecified atom stereocenters. The van der Waals surface area contributed by atoms with Gasteiger partial charge in [0.05, 0.1) is 28.9 Å². The minimum absolute atomic E-state index is 0.167. The summed E-state index contributed by atoms with van der Waals surface area (Å²) in [5, 5.41) is 10.5. The highest BCUT2D eigenvalue weighted by molar-refractivity contribution is 7.89. The van der Waals surface area contributed by atoms with Crippen molar-refractivity contribution in [2.45, 2.75) is 42.3 Å². The predicted octanol–water partition coefficient (Wildman–Crippen LogP) is 3.17. The van der Waals surface area contributed by atoms with Crippen LogP contribution < -0.4 is 0 Å². The van der Waals surface area contributed by atoms with Crippen molar-refractivity contribution in [3.05, 3.63) is 51.6 Å². The van der Waals surface area contributed by atoms with Crippen molar-refractivity contribution in [3.63, 3.8) is 0 Å². The third-order valence-corrected chi connectivity index (χ3v) is 7.03. The van der Waals surface area contributed by atoms with Crippen molar-refractivity contribution in [3.8, 4) is 0 Å². The zero-order valence-electron chi connectivity index (χ0n) is 12.6. The van der Waals surface area contributed by atoms with E-state index in [0.717, 1.165) is 12.0 Å². The zero-order valence-corrected chi connectivity index (χ0v) is 14.2. The summed E-state index contributed by atoms with van der Waals surface area (Å²) >= 11 is 5.86. The molecule has 2 aliphatic rings. The van der Waals surface area contributed by atoms with Gasteiger partial charge in [-0.2, -0.15) is 14.3 Å². The molecule has 0 radical (unpaired) electrons. The van der Waals surface area contributed by atoms with E-state index in [0.29, 0.717) is 23.6 Å². The summed E-state index contributed by atoms with van der Waals surface area (Å²) in [5.74, 6) is 0.